The molecule has 0 aliphatic carbocycles. The van der Waals surface area contributed by atoms with Crippen molar-refractivity contribution in [1.82, 2.24) is 0 Å². The van der Waals surface area contributed by atoms with Crippen molar-refractivity contribution in [3.63, 3.8) is 0 Å². The first-order chi connectivity index (χ1) is 8.65. The number of hydrogen-bond donors (Lipinski definition) is 0. The normalized spacial score (nSPS) is 10.7. The van der Waals surface area contributed by atoms with E-state index in [-0.39, 0.29) is 11.6 Å². The van der Waals surface area contributed by atoms with E-state index in [0.29, 0.717) is 11.7 Å². The largest absolute Gasteiger partial charge is 0.454 e. The molecule has 0 saturated heterocycles. The van der Waals surface area contributed by atoms with Crippen molar-refractivity contribution in [1.29, 1.82) is 0 Å². The Morgan fingerprint density at radius 2 is 1.83 bits per heavy atom. The molecule has 0 saturated carbocycles. The van der Waals surface area contributed by atoms with Gasteiger partial charge in [-0.3, -0.25) is 0 Å². The number of benzene rings is 2. The van der Waals surface area contributed by atoms with Gasteiger partial charge >= 0.3 is 0 Å². The number of ether oxygens (including phenoxy) is 1. The molecular formula is C16H17FO. The fourth-order valence-corrected chi connectivity index (χ4v) is 1.86. The standard InChI is InChI=1S/C16H17FO/c1-12(2)10-13-6-5-7-14(11-13)18-16-9-4-3-8-15(16)17/h3-9,11-12H,10H2,1-2H3. The molecule has 0 unspecified atom stereocenters. The van der Waals surface area contributed by atoms with Crippen LogP contribution in [0.25, 0.3) is 0 Å². The molecule has 94 valence electrons. The second kappa shape index (κ2) is 5.67. The summed E-state index contributed by atoms with van der Waals surface area (Å²) in [5.74, 6) is 1.19. The van der Waals surface area contributed by atoms with Gasteiger partial charge in [-0.05, 0) is 42.2 Å². The van der Waals surface area contributed by atoms with E-state index in [9.17, 15) is 4.39 Å². The number of hydrogen-bond acceptors (Lipinski definition) is 1. The molecule has 0 N–H and O–H groups in total. The molecule has 1 nitrogen and oxygen atoms in total. The minimum Gasteiger partial charge on any atom is -0.454 e. The zero-order valence-electron chi connectivity index (χ0n) is 10.7. The van der Waals surface area contributed by atoms with Crippen LogP contribution >= 0.6 is 0 Å². The molecule has 0 fully saturated rings. The first-order valence-corrected chi connectivity index (χ1v) is 6.16. The minimum absolute atomic E-state index is 0.263. The average molecular weight is 244 g/mol. The molecule has 0 aliphatic rings. The molecule has 0 atom stereocenters. The molecule has 2 rings (SSSR count). The van der Waals surface area contributed by atoms with Gasteiger partial charge in [-0.15, -0.1) is 0 Å². The summed E-state index contributed by atoms with van der Waals surface area (Å²) in [6, 6.07) is 14.2. The Hall–Kier alpha value is -1.83. The highest BCUT2D eigenvalue weighted by Crippen LogP contribution is 2.25. The molecule has 0 amide bonds. The van der Waals surface area contributed by atoms with Crippen LogP contribution in [0, 0.1) is 11.7 Å². The lowest BCUT2D eigenvalue weighted by molar-refractivity contribution is 0.441. The second-order valence-corrected chi connectivity index (χ2v) is 4.78. The van der Waals surface area contributed by atoms with Gasteiger partial charge in [0.05, 0.1) is 0 Å². The third-order valence-corrected chi connectivity index (χ3v) is 2.61. The van der Waals surface area contributed by atoms with Crippen molar-refractivity contribution in [2.75, 3.05) is 0 Å². The monoisotopic (exact) mass is 244 g/mol. The zero-order valence-corrected chi connectivity index (χ0v) is 10.7. The summed E-state index contributed by atoms with van der Waals surface area (Å²) >= 11 is 0. The van der Waals surface area contributed by atoms with Gasteiger partial charge in [-0.2, -0.15) is 0 Å². The summed E-state index contributed by atoms with van der Waals surface area (Å²) in [4.78, 5) is 0. The first kappa shape index (κ1) is 12.6. The molecule has 2 aromatic carbocycles. The second-order valence-electron chi connectivity index (χ2n) is 4.78. The van der Waals surface area contributed by atoms with Gasteiger partial charge in [0.1, 0.15) is 5.75 Å². The van der Waals surface area contributed by atoms with Gasteiger partial charge in [0.25, 0.3) is 0 Å². The van der Waals surface area contributed by atoms with Crippen LogP contribution in [0.3, 0.4) is 0 Å². The van der Waals surface area contributed by atoms with Crippen LogP contribution in [0.5, 0.6) is 11.5 Å². The SMILES string of the molecule is CC(C)Cc1cccc(Oc2ccccc2F)c1. The molecule has 2 aromatic rings. The molecule has 0 aromatic heterocycles. The summed E-state index contributed by atoms with van der Waals surface area (Å²) < 4.78 is 19.0. The van der Waals surface area contributed by atoms with Gasteiger partial charge in [-0.25, -0.2) is 4.39 Å². The quantitative estimate of drug-likeness (QED) is 0.749. The van der Waals surface area contributed by atoms with E-state index in [1.807, 2.05) is 18.2 Å². The van der Waals surface area contributed by atoms with E-state index >= 15 is 0 Å². The van der Waals surface area contributed by atoms with E-state index in [4.69, 9.17) is 4.74 Å². The fourth-order valence-electron chi connectivity index (χ4n) is 1.86. The Kier molecular flexibility index (Phi) is 3.98. The Balaban J connectivity index is 2.17. The topological polar surface area (TPSA) is 9.23 Å². The molecule has 0 radical (unpaired) electrons. The van der Waals surface area contributed by atoms with Crippen LogP contribution in [0.4, 0.5) is 4.39 Å². The maximum Gasteiger partial charge on any atom is 0.165 e. The first-order valence-electron chi connectivity index (χ1n) is 6.16. The van der Waals surface area contributed by atoms with Crippen molar-refractivity contribution in [3.8, 4) is 11.5 Å². The van der Waals surface area contributed by atoms with Crippen molar-refractivity contribution >= 4 is 0 Å². The Bertz CT molecular complexity index is 520. The number of rotatable bonds is 4. The molecule has 2 heteroatoms. The maximum atomic E-state index is 13.5. The maximum absolute atomic E-state index is 13.5. The Morgan fingerprint density at radius 3 is 2.56 bits per heavy atom. The van der Waals surface area contributed by atoms with E-state index in [2.05, 4.69) is 19.9 Å². The molecule has 0 heterocycles. The van der Waals surface area contributed by atoms with E-state index < -0.39 is 0 Å². The summed E-state index contributed by atoms with van der Waals surface area (Å²) in [7, 11) is 0. The Morgan fingerprint density at radius 1 is 1.06 bits per heavy atom. The van der Waals surface area contributed by atoms with Crippen LogP contribution in [-0.4, -0.2) is 0 Å². The summed E-state index contributed by atoms with van der Waals surface area (Å²) in [5.41, 5.74) is 1.21. The van der Waals surface area contributed by atoms with Gasteiger partial charge in [0, 0.05) is 0 Å². The van der Waals surface area contributed by atoms with Crippen LogP contribution in [0.1, 0.15) is 19.4 Å². The molecule has 0 bridgehead atoms. The van der Waals surface area contributed by atoms with E-state index in [1.54, 1.807) is 18.2 Å². The highest BCUT2D eigenvalue weighted by atomic mass is 19.1. The summed E-state index contributed by atoms with van der Waals surface area (Å²) in [5, 5.41) is 0. The van der Waals surface area contributed by atoms with Crippen LogP contribution in [0.2, 0.25) is 0 Å². The van der Waals surface area contributed by atoms with Gasteiger partial charge < -0.3 is 4.74 Å². The highest BCUT2D eigenvalue weighted by molar-refractivity contribution is 5.34. The fraction of sp³-hybridized carbons (Fsp3) is 0.250. The highest BCUT2D eigenvalue weighted by Gasteiger charge is 2.04. The third-order valence-electron chi connectivity index (χ3n) is 2.61. The lowest BCUT2D eigenvalue weighted by atomic mass is 10.0. The van der Waals surface area contributed by atoms with E-state index in [0.717, 1.165) is 6.42 Å². The number of halogens is 1. The predicted molar refractivity (Wildman–Crippen MR) is 71.5 cm³/mol. The van der Waals surface area contributed by atoms with Gasteiger partial charge in [-0.1, -0.05) is 38.1 Å². The van der Waals surface area contributed by atoms with Crippen LogP contribution in [-0.2, 0) is 6.42 Å². The average Bonchev–Trinajstić information content (AvgIpc) is 2.32. The summed E-state index contributed by atoms with van der Waals surface area (Å²) in [6.07, 6.45) is 0.995. The molecular weight excluding hydrogens is 227 g/mol. The molecule has 0 aliphatic heterocycles. The molecule has 18 heavy (non-hydrogen) atoms. The minimum atomic E-state index is -0.341. The lowest BCUT2D eigenvalue weighted by Crippen LogP contribution is -1.94. The van der Waals surface area contributed by atoms with Crippen molar-refractivity contribution in [2.45, 2.75) is 20.3 Å². The smallest absolute Gasteiger partial charge is 0.165 e. The van der Waals surface area contributed by atoms with E-state index in [1.165, 1.54) is 11.6 Å². The molecule has 0 spiro atoms. The van der Waals surface area contributed by atoms with Crippen LogP contribution in [0.15, 0.2) is 48.5 Å². The van der Waals surface area contributed by atoms with Gasteiger partial charge in [0.15, 0.2) is 11.6 Å². The van der Waals surface area contributed by atoms with Crippen LogP contribution < -0.4 is 4.74 Å². The Labute approximate surface area is 107 Å². The third kappa shape index (κ3) is 3.33. The zero-order chi connectivity index (χ0) is 13.0. The van der Waals surface area contributed by atoms with Gasteiger partial charge in [0.2, 0.25) is 0 Å². The van der Waals surface area contributed by atoms with Crippen molar-refractivity contribution in [2.24, 2.45) is 5.92 Å². The van der Waals surface area contributed by atoms with Crippen molar-refractivity contribution in [3.05, 3.63) is 59.9 Å². The van der Waals surface area contributed by atoms with Crippen molar-refractivity contribution < 1.29 is 9.13 Å². The lowest BCUT2D eigenvalue weighted by Gasteiger charge is -2.09. The number of para-hydroxylation sites is 1. The summed E-state index contributed by atoms with van der Waals surface area (Å²) in [6.45, 7) is 4.34. The predicted octanol–water partition coefficient (Wildman–Crippen LogP) is 4.82.